The van der Waals surface area contributed by atoms with Gasteiger partial charge in [0.25, 0.3) is 0 Å². The molecule has 0 saturated carbocycles. The van der Waals surface area contributed by atoms with Gasteiger partial charge >= 0.3 is 0 Å². The Bertz CT molecular complexity index is 202. The van der Waals surface area contributed by atoms with Gasteiger partial charge in [-0.3, -0.25) is 4.90 Å². The highest BCUT2D eigenvalue weighted by Gasteiger charge is 2.37. The third-order valence-electron chi connectivity index (χ3n) is 4.53. The van der Waals surface area contributed by atoms with Gasteiger partial charge in [0, 0.05) is 12.1 Å². The molecule has 1 fully saturated rings. The van der Waals surface area contributed by atoms with Crippen molar-refractivity contribution in [3.63, 3.8) is 0 Å². The van der Waals surface area contributed by atoms with Crippen LogP contribution in [-0.4, -0.2) is 55.1 Å². The largest absolute Gasteiger partial charge is 0.329 e. The Balaban J connectivity index is 2.65. The topological polar surface area (TPSA) is 32.5 Å². The molecule has 0 radical (unpaired) electrons. The molecule has 1 aliphatic rings. The molecule has 1 heterocycles. The van der Waals surface area contributed by atoms with Gasteiger partial charge in [-0.05, 0) is 58.9 Å². The molecule has 0 bridgehead atoms. The fourth-order valence-corrected chi connectivity index (χ4v) is 2.97. The first kappa shape index (κ1) is 15.9. The lowest BCUT2D eigenvalue weighted by Crippen LogP contribution is -2.59. The predicted molar refractivity (Wildman–Crippen MR) is 79.9 cm³/mol. The molecule has 3 heteroatoms. The maximum atomic E-state index is 6.17. The fraction of sp³-hybridized carbons (Fsp3) is 1.00. The van der Waals surface area contributed by atoms with Crippen LogP contribution < -0.4 is 5.73 Å². The minimum absolute atomic E-state index is 0.289. The summed E-state index contributed by atoms with van der Waals surface area (Å²) >= 11 is 0. The van der Waals surface area contributed by atoms with Crippen LogP contribution in [0, 0.1) is 0 Å². The first-order valence-corrected chi connectivity index (χ1v) is 7.82. The minimum atomic E-state index is 0.289. The molecule has 2 N–H and O–H groups in total. The highest BCUT2D eigenvalue weighted by atomic mass is 15.2. The Morgan fingerprint density at radius 2 is 1.56 bits per heavy atom. The molecule has 108 valence electrons. The summed E-state index contributed by atoms with van der Waals surface area (Å²) in [6.45, 7) is 10.3. The second-order valence-electron chi connectivity index (χ2n) is 5.93. The predicted octanol–water partition coefficient (Wildman–Crippen LogP) is 2.31. The van der Waals surface area contributed by atoms with Crippen LogP contribution in [0.1, 0.15) is 52.4 Å². The Hall–Kier alpha value is -0.120. The van der Waals surface area contributed by atoms with Crippen molar-refractivity contribution in [2.24, 2.45) is 5.73 Å². The van der Waals surface area contributed by atoms with Crippen molar-refractivity contribution in [1.82, 2.24) is 9.80 Å². The molecule has 0 atom stereocenters. The molecule has 1 aliphatic heterocycles. The van der Waals surface area contributed by atoms with Gasteiger partial charge in [-0.1, -0.05) is 26.7 Å². The fourth-order valence-electron chi connectivity index (χ4n) is 2.97. The van der Waals surface area contributed by atoms with Gasteiger partial charge < -0.3 is 10.6 Å². The van der Waals surface area contributed by atoms with Crippen LogP contribution in [0.2, 0.25) is 0 Å². The summed E-state index contributed by atoms with van der Waals surface area (Å²) in [4.78, 5) is 5.15. The van der Waals surface area contributed by atoms with E-state index >= 15 is 0 Å². The van der Waals surface area contributed by atoms with Gasteiger partial charge in [0.2, 0.25) is 0 Å². The van der Waals surface area contributed by atoms with Crippen LogP contribution in [-0.2, 0) is 0 Å². The SMILES string of the molecule is CCCCN(CCCC)C1(CN)CCN(C)CC1. The van der Waals surface area contributed by atoms with Crippen LogP contribution in [0.3, 0.4) is 0 Å². The van der Waals surface area contributed by atoms with E-state index in [0.717, 1.165) is 6.54 Å². The van der Waals surface area contributed by atoms with Crippen LogP contribution in [0.4, 0.5) is 0 Å². The number of nitrogens with zero attached hydrogens (tertiary/aromatic N) is 2. The van der Waals surface area contributed by atoms with Crippen molar-refractivity contribution in [2.45, 2.75) is 57.9 Å². The first-order chi connectivity index (χ1) is 8.68. The monoisotopic (exact) mass is 255 g/mol. The summed E-state index contributed by atoms with van der Waals surface area (Å²) in [6.07, 6.45) is 7.66. The number of rotatable bonds is 8. The molecule has 0 amide bonds. The van der Waals surface area contributed by atoms with Gasteiger partial charge in [0.05, 0.1) is 0 Å². The first-order valence-electron chi connectivity index (χ1n) is 7.82. The number of hydrogen-bond acceptors (Lipinski definition) is 3. The zero-order valence-electron chi connectivity index (χ0n) is 12.7. The normalized spacial score (nSPS) is 20.5. The zero-order chi connectivity index (χ0) is 13.4. The molecule has 0 aromatic rings. The van der Waals surface area contributed by atoms with Gasteiger partial charge in [0.15, 0.2) is 0 Å². The van der Waals surface area contributed by atoms with E-state index < -0.39 is 0 Å². The quantitative estimate of drug-likeness (QED) is 0.722. The van der Waals surface area contributed by atoms with E-state index in [1.165, 1.54) is 64.7 Å². The Morgan fingerprint density at radius 3 is 1.94 bits per heavy atom. The molecule has 0 unspecified atom stereocenters. The van der Waals surface area contributed by atoms with Crippen LogP contribution >= 0.6 is 0 Å². The van der Waals surface area contributed by atoms with Gasteiger partial charge in [0.1, 0.15) is 0 Å². The summed E-state index contributed by atoms with van der Waals surface area (Å²) in [5.74, 6) is 0. The van der Waals surface area contributed by atoms with Gasteiger partial charge in [-0.25, -0.2) is 0 Å². The lowest BCUT2D eigenvalue weighted by Gasteiger charge is -2.48. The molecule has 0 aliphatic carbocycles. The van der Waals surface area contributed by atoms with Crippen molar-refractivity contribution in [3.05, 3.63) is 0 Å². The standard InChI is InChI=1S/C15H33N3/c1-4-6-10-18(11-7-5-2)15(14-16)8-12-17(3)13-9-15/h4-14,16H2,1-3H3. The molecule has 1 saturated heterocycles. The summed E-state index contributed by atoms with van der Waals surface area (Å²) in [6, 6.07) is 0. The van der Waals surface area contributed by atoms with Crippen LogP contribution in [0.5, 0.6) is 0 Å². The lowest BCUT2D eigenvalue weighted by molar-refractivity contribution is 0.0315. The van der Waals surface area contributed by atoms with Crippen molar-refractivity contribution < 1.29 is 0 Å². The molecule has 0 aromatic heterocycles. The third kappa shape index (κ3) is 4.22. The van der Waals surface area contributed by atoms with E-state index in [0.29, 0.717) is 0 Å². The molecule has 3 nitrogen and oxygen atoms in total. The third-order valence-corrected chi connectivity index (χ3v) is 4.53. The number of likely N-dealkylation sites (tertiary alicyclic amines) is 1. The molecule has 0 spiro atoms. The highest BCUT2D eigenvalue weighted by Crippen LogP contribution is 2.28. The summed E-state index contributed by atoms with van der Waals surface area (Å²) in [5, 5.41) is 0. The number of unbranched alkanes of at least 4 members (excludes halogenated alkanes) is 2. The molecular formula is C15H33N3. The second-order valence-corrected chi connectivity index (χ2v) is 5.93. The van der Waals surface area contributed by atoms with Crippen molar-refractivity contribution in [1.29, 1.82) is 0 Å². The summed E-state index contributed by atoms with van der Waals surface area (Å²) in [5.41, 5.74) is 6.46. The highest BCUT2D eigenvalue weighted by molar-refractivity contribution is 4.95. The summed E-state index contributed by atoms with van der Waals surface area (Å²) < 4.78 is 0. The number of hydrogen-bond donors (Lipinski definition) is 1. The van der Waals surface area contributed by atoms with Crippen molar-refractivity contribution in [3.8, 4) is 0 Å². The van der Waals surface area contributed by atoms with Gasteiger partial charge in [-0.15, -0.1) is 0 Å². The molecule has 18 heavy (non-hydrogen) atoms. The number of piperidine rings is 1. The summed E-state index contributed by atoms with van der Waals surface area (Å²) in [7, 11) is 2.23. The average molecular weight is 255 g/mol. The van der Waals surface area contributed by atoms with E-state index in [4.69, 9.17) is 5.73 Å². The average Bonchev–Trinajstić information content (AvgIpc) is 2.41. The molecule has 0 aromatic carbocycles. The van der Waals surface area contributed by atoms with Crippen LogP contribution in [0.15, 0.2) is 0 Å². The molecular weight excluding hydrogens is 222 g/mol. The smallest absolute Gasteiger partial charge is 0.0356 e. The second kappa shape index (κ2) is 8.13. The van der Waals surface area contributed by atoms with Crippen molar-refractivity contribution in [2.75, 3.05) is 39.8 Å². The number of nitrogens with two attached hydrogens (primary N) is 1. The zero-order valence-corrected chi connectivity index (χ0v) is 12.7. The maximum absolute atomic E-state index is 6.17. The van der Waals surface area contributed by atoms with E-state index in [1.807, 2.05) is 0 Å². The van der Waals surface area contributed by atoms with E-state index in [2.05, 4.69) is 30.7 Å². The van der Waals surface area contributed by atoms with E-state index in [9.17, 15) is 0 Å². The van der Waals surface area contributed by atoms with E-state index in [-0.39, 0.29) is 5.54 Å². The maximum Gasteiger partial charge on any atom is 0.0356 e. The Morgan fingerprint density at radius 1 is 1.06 bits per heavy atom. The Kier molecular flexibility index (Phi) is 7.20. The van der Waals surface area contributed by atoms with Crippen LogP contribution in [0.25, 0.3) is 0 Å². The lowest BCUT2D eigenvalue weighted by atomic mass is 9.85. The minimum Gasteiger partial charge on any atom is -0.329 e. The Labute approximate surface area is 114 Å². The van der Waals surface area contributed by atoms with Crippen molar-refractivity contribution >= 4 is 0 Å². The van der Waals surface area contributed by atoms with Gasteiger partial charge in [-0.2, -0.15) is 0 Å². The van der Waals surface area contributed by atoms with E-state index in [1.54, 1.807) is 0 Å². The molecule has 1 rings (SSSR count).